The van der Waals surface area contributed by atoms with Gasteiger partial charge < -0.3 is 5.73 Å². The minimum Gasteiger partial charge on any atom is -0.324 e. The lowest BCUT2D eigenvalue weighted by molar-refractivity contribution is 0.566. The molecule has 0 aromatic heterocycles. The van der Waals surface area contributed by atoms with Gasteiger partial charge in [0.2, 0.25) is 0 Å². The average molecular weight is 284 g/mol. The number of hydrogen-bond acceptors (Lipinski definition) is 1. The van der Waals surface area contributed by atoms with E-state index in [0.29, 0.717) is 0 Å². The van der Waals surface area contributed by atoms with Crippen molar-refractivity contribution in [3.05, 3.63) is 33.8 Å². The first kappa shape index (κ1) is 13.7. The summed E-state index contributed by atoms with van der Waals surface area (Å²) in [5.74, 6) is 0. The topological polar surface area (TPSA) is 26.0 Å². The zero-order chi connectivity index (χ0) is 12.0. The highest BCUT2D eigenvalue weighted by Crippen LogP contribution is 2.23. The maximum atomic E-state index is 6.18. The van der Waals surface area contributed by atoms with Gasteiger partial charge in [0.15, 0.2) is 0 Å². The summed E-state index contributed by atoms with van der Waals surface area (Å²) in [6.45, 7) is 4.33. The lowest BCUT2D eigenvalue weighted by Gasteiger charge is -2.13. The third kappa shape index (κ3) is 4.26. The number of aryl methyl sites for hydroxylation is 1. The van der Waals surface area contributed by atoms with Crippen LogP contribution in [0.3, 0.4) is 0 Å². The molecule has 1 unspecified atom stereocenters. The molecular weight excluding hydrogens is 262 g/mol. The number of unbranched alkanes of at least 4 members (excludes halogenated alkanes) is 3. The number of nitrogens with two attached hydrogens (primary N) is 1. The summed E-state index contributed by atoms with van der Waals surface area (Å²) in [5, 5.41) is 0. The molecule has 1 aromatic rings. The van der Waals surface area contributed by atoms with E-state index in [1.807, 2.05) is 0 Å². The van der Waals surface area contributed by atoms with Gasteiger partial charge in [-0.05, 0) is 30.5 Å². The smallest absolute Gasteiger partial charge is 0.0295 e. The molecule has 1 nitrogen and oxygen atoms in total. The normalized spacial score (nSPS) is 12.8. The van der Waals surface area contributed by atoms with Crippen LogP contribution in [0.1, 0.15) is 56.2 Å². The molecule has 2 N–H and O–H groups in total. The fraction of sp³-hybridized carbons (Fsp3) is 0.571. The van der Waals surface area contributed by atoms with Gasteiger partial charge in [0, 0.05) is 10.5 Å². The summed E-state index contributed by atoms with van der Waals surface area (Å²) >= 11 is 3.55. The van der Waals surface area contributed by atoms with Gasteiger partial charge in [-0.2, -0.15) is 0 Å². The molecule has 90 valence electrons. The molecule has 0 fully saturated rings. The Hall–Kier alpha value is -0.340. The monoisotopic (exact) mass is 283 g/mol. The predicted molar refractivity (Wildman–Crippen MR) is 74.6 cm³/mol. The van der Waals surface area contributed by atoms with Crippen LogP contribution in [0, 0.1) is 6.92 Å². The summed E-state index contributed by atoms with van der Waals surface area (Å²) in [6, 6.07) is 6.61. The first-order valence-corrected chi connectivity index (χ1v) is 6.96. The Morgan fingerprint density at radius 3 is 2.62 bits per heavy atom. The minimum absolute atomic E-state index is 0.189. The predicted octanol–water partition coefficient (Wildman–Crippen LogP) is 4.73. The average Bonchev–Trinajstić information content (AvgIpc) is 2.28. The molecule has 0 amide bonds. The maximum absolute atomic E-state index is 6.18. The fourth-order valence-corrected chi connectivity index (χ4v) is 2.19. The zero-order valence-electron chi connectivity index (χ0n) is 10.3. The van der Waals surface area contributed by atoms with Gasteiger partial charge in [0.05, 0.1) is 0 Å². The van der Waals surface area contributed by atoms with Crippen LogP contribution in [0.5, 0.6) is 0 Å². The Morgan fingerprint density at radius 1 is 1.25 bits per heavy atom. The lowest BCUT2D eigenvalue weighted by Crippen LogP contribution is -2.10. The molecule has 0 aliphatic rings. The van der Waals surface area contributed by atoms with Crippen molar-refractivity contribution < 1.29 is 0 Å². The summed E-state index contributed by atoms with van der Waals surface area (Å²) in [4.78, 5) is 0. The van der Waals surface area contributed by atoms with Crippen molar-refractivity contribution in [2.75, 3.05) is 0 Å². The highest BCUT2D eigenvalue weighted by Gasteiger charge is 2.06. The van der Waals surface area contributed by atoms with Crippen molar-refractivity contribution in [1.29, 1.82) is 0 Å². The molecule has 2 heteroatoms. The molecule has 1 atom stereocenters. The molecule has 0 aliphatic heterocycles. The van der Waals surface area contributed by atoms with Crippen LogP contribution in [0.15, 0.2) is 22.7 Å². The van der Waals surface area contributed by atoms with Gasteiger partial charge >= 0.3 is 0 Å². The van der Waals surface area contributed by atoms with Crippen molar-refractivity contribution in [1.82, 2.24) is 0 Å². The second-order valence-corrected chi connectivity index (χ2v) is 5.32. The molecule has 0 aliphatic carbocycles. The third-order valence-electron chi connectivity index (χ3n) is 2.99. The Balaban J connectivity index is 2.46. The molecule has 1 rings (SSSR count). The fourth-order valence-electron chi connectivity index (χ4n) is 1.80. The van der Waals surface area contributed by atoms with Crippen LogP contribution in [-0.2, 0) is 0 Å². The molecule has 0 bridgehead atoms. The maximum Gasteiger partial charge on any atom is 0.0295 e. The minimum atomic E-state index is 0.189. The molecule has 0 heterocycles. The van der Waals surface area contributed by atoms with E-state index in [2.05, 4.69) is 48.0 Å². The molecule has 16 heavy (non-hydrogen) atoms. The van der Waals surface area contributed by atoms with E-state index in [9.17, 15) is 0 Å². The SMILES string of the molecule is CCCCCCC(N)c1ccc(C)c(Br)c1. The Morgan fingerprint density at radius 2 is 2.00 bits per heavy atom. The molecule has 1 aromatic carbocycles. The first-order valence-electron chi connectivity index (χ1n) is 6.16. The van der Waals surface area contributed by atoms with Crippen molar-refractivity contribution in [2.45, 2.75) is 52.0 Å². The number of halogens is 1. The quantitative estimate of drug-likeness (QED) is 0.751. The second-order valence-electron chi connectivity index (χ2n) is 4.46. The molecule has 0 saturated carbocycles. The van der Waals surface area contributed by atoms with Crippen molar-refractivity contribution >= 4 is 15.9 Å². The first-order chi connectivity index (χ1) is 7.65. The van der Waals surface area contributed by atoms with Gasteiger partial charge in [-0.3, -0.25) is 0 Å². The van der Waals surface area contributed by atoms with Gasteiger partial charge in [-0.15, -0.1) is 0 Å². The van der Waals surface area contributed by atoms with Crippen molar-refractivity contribution in [3.8, 4) is 0 Å². The van der Waals surface area contributed by atoms with Crippen molar-refractivity contribution in [2.24, 2.45) is 5.73 Å². The largest absolute Gasteiger partial charge is 0.324 e. The highest BCUT2D eigenvalue weighted by atomic mass is 79.9. The van der Waals surface area contributed by atoms with Crippen LogP contribution in [-0.4, -0.2) is 0 Å². The molecular formula is C14H22BrN. The Bertz CT molecular complexity index is 323. The van der Waals surface area contributed by atoms with E-state index in [1.165, 1.54) is 36.8 Å². The second kappa shape index (κ2) is 7.08. The summed E-state index contributed by atoms with van der Waals surface area (Å²) in [7, 11) is 0. The van der Waals surface area contributed by atoms with Crippen LogP contribution in [0.2, 0.25) is 0 Å². The van der Waals surface area contributed by atoms with Gasteiger partial charge in [0.1, 0.15) is 0 Å². The van der Waals surface area contributed by atoms with E-state index < -0.39 is 0 Å². The van der Waals surface area contributed by atoms with E-state index in [1.54, 1.807) is 0 Å². The summed E-state index contributed by atoms with van der Waals surface area (Å²) in [5.41, 5.74) is 8.69. The Kier molecular flexibility index (Phi) is 6.07. The molecule has 0 radical (unpaired) electrons. The highest BCUT2D eigenvalue weighted by molar-refractivity contribution is 9.10. The van der Waals surface area contributed by atoms with E-state index in [-0.39, 0.29) is 6.04 Å². The van der Waals surface area contributed by atoms with E-state index in [0.717, 1.165) is 10.9 Å². The van der Waals surface area contributed by atoms with Crippen LogP contribution < -0.4 is 5.73 Å². The number of rotatable bonds is 6. The summed E-state index contributed by atoms with van der Waals surface area (Å²) in [6.07, 6.45) is 6.24. The van der Waals surface area contributed by atoms with Crippen LogP contribution >= 0.6 is 15.9 Å². The zero-order valence-corrected chi connectivity index (χ0v) is 11.9. The third-order valence-corrected chi connectivity index (χ3v) is 3.85. The van der Waals surface area contributed by atoms with Crippen LogP contribution in [0.4, 0.5) is 0 Å². The van der Waals surface area contributed by atoms with E-state index >= 15 is 0 Å². The van der Waals surface area contributed by atoms with E-state index in [4.69, 9.17) is 5.73 Å². The van der Waals surface area contributed by atoms with Crippen LogP contribution in [0.25, 0.3) is 0 Å². The molecule has 0 saturated heterocycles. The number of benzene rings is 1. The Labute approximate surface area is 108 Å². The lowest BCUT2D eigenvalue weighted by atomic mass is 10.00. The van der Waals surface area contributed by atoms with Crippen molar-refractivity contribution in [3.63, 3.8) is 0 Å². The standard InChI is InChI=1S/C14H22BrN/c1-3-4-5-6-7-14(16)12-9-8-11(2)13(15)10-12/h8-10,14H,3-7,16H2,1-2H3. The molecule has 0 spiro atoms. The van der Waals surface area contributed by atoms with Gasteiger partial charge in [-0.1, -0.05) is 60.7 Å². The van der Waals surface area contributed by atoms with Gasteiger partial charge in [0.25, 0.3) is 0 Å². The van der Waals surface area contributed by atoms with Gasteiger partial charge in [-0.25, -0.2) is 0 Å². The summed E-state index contributed by atoms with van der Waals surface area (Å²) < 4.78 is 1.16. The number of hydrogen-bond donors (Lipinski definition) is 1.